The topological polar surface area (TPSA) is 151 Å². The molecular weight excluding hydrogens is 564 g/mol. The van der Waals surface area contributed by atoms with E-state index in [1.807, 2.05) is 48.5 Å². The molecule has 3 N–H and O–H groups in total. The lowest BCUT2D eigenvalue weighted by atomic mass is 10.0. The predicted octanol–water partition coefficient (Wildman–Crippen LogP) is 1.13. The minimum absolute atomic E-state index is 0. The Kier molecular flexibility index (Phi) is 17.0. The third-order valence-corrected chi connectivity index (χ3v) is 5.33. The van der Waals surface area contributed by atoms with Crippen molar-refractivity contribution in [3.05, 3.63) is 71.8 Å². The molecule has 11 heteroatoms. The van der Waals surface area contributed by atoms with E-state index in [9.17, 15) is 24.0 Å². The van der Waals surface area contributed by atoms with Crippen LogP contribution in [0.4, 0.5) is 4.79 Å². The van der Waals surface area contributed by atoms with Crippen LogP contribution in [0.25, 0.3) is 0 Å². The molecule has 2 aromatic carbocycles. The molecule has 42 heavy (non-hydrogen) atoms. The van der Waals surface area contributed by atoms with Gasteiger partial charge in [-0.2, -0.15) is 0 Å². The Morgan fingerprint density at radius 3 is 1.50 bits per heavy atom. The van der Waals surface area contributed by atoms with Gasteiger partial charge in [-0.25, -0.2) is 14.4 Å². The number of ketones is 2. The van der Waals surface area contributed by atoms with Crippen LogP contribution in [0.1, 0.15) is 59.6 Å². The minimum atomic E-state index is -1.39. The maximum atomic E-state index is 12.3. The van der Waals surface area contributed by atoms with E-state index in [0.717, 1.165) is 11.1 Å². The van der Waals surface area contributed by atoms with Gasteiger partial charge in [0.15, 0.2) is 23.7 Å². The van der Waals surface area contributed by atoms with Crippen LogP contribution >= 0.6 is 0 Å². The van der Waals surface area contributed by atoms with Crippen molar-refractivity contribution in [2.75, 3.05) is 0 Å². The Bertz CT molecular complexity index is 1150. The Morgan fingerprint density at radius 2 is 1.12 bits per heavy atom. The third-order valence-electron chi connectivity index (χ3n) is 5.33. The van der Waals surface area contributed by atoms with Crippen molar-refractivity contribution < 1.29 is 50.6 Å². The molecule has 0 spiro atoms. The maximum Gasteiger partial charge on any atom is 0.408 e. The number of hydrogen-bond acceptors (Lipinski definition) is 9. The van der Waals surface area contributed by atoms with E-state index in [-0.39, 0.29) is 37.3 Å². The fourth-order valence-electron chi connectivity index (χ4n) is 3.11. The molecule has 2 rings (SSSR count). The van der Waals surface area contributed by atoms with Crippen LogP contribution < -0.4 is 23.5 Å². The quantitative estimate of drug-likeness (QED) is 0.218. The highest BCUT2D eigenvalue weighted by molar-refractivity contribution is 6.06. The molecule has 0 saturated heterocycles. The van der Waals surface area contributed by atoms with Gasteiger partial charge in [-0.1, -0.05) is 88.4 Å². The predicted molar refractivity (Wildman–Crippen MR) is 153 cm³/mol. The van der Waals surface area contributed by atoms with E-state index >= 15 is 0 Å². The van der Waals surface area contributed by atoms with Gasteiger partial charge in [-0.15, -0.1) is 0 Å². The number of alkyl carbamates (subject to hydrolysis) is 1. The molecule has 232 valence electrons. The number of hydrogen-bond donors (Lipinski definition) is 2. The second-order valence-corrected chi connectivity index (χ2v) is 10.9. The summed E-state index contributed by atoms with van der Waals surface area (Å²) in [5.74, 6) is -2.92. The molecule has 0 aliphatic rings. The van der Waals surface area contributed by atoms with Crippen LogP contribution in [-0.4, -0.2) is 47.3 Å². The summed E-state index contributed by atoms with van der Waals surface area (Å²) in [5.41, 5.74) is 6.43. The number of carbonyl (C=O) groups is 5. The molecule has 0 aliphatic heterocycles. The minimum Gasteiger partial charge on any atom is -1.00 e. The number of carbonyl (C=O) groups excluding carboxylic acids is 5. The normalized spacial score (nSPS) is 12.0. The first-order valence-electron chi connectivity index (χ1n) is 13.4. The molecule has 0 saturated carbocycles. The van der Waals surface area contributed by atoms with E-state index in [1.54, 1.807) is 60.6 Å². The van der Waals surface area contributed by atoms with Crippen molar-refractivity contribution >= 4 is 29.6 Å². The second-order valence-electron chi connectivity index (χ2n) is 10.9. The smallest absolute Gasteiger partial charge is 0.408 e. The molecule has 10 nitrogen and oxygen atoms in total. The average molecular weight is 606 g/mol. The number of halogens is 1. The molecule has 0 radical (unpaired) electrons. The van der Waals surface area contributed by atoms with Crippen LogP contribution in [0.2, 0.25) is 0 Å². The number of Topliss-reactive ketones (excluding diaryl/α,β-unsaturated/α-hetero) is 2. The zero-order valence-electron chi connectivity index (χ0n) is 25.2. The first-order chi connectivity index (χ1) is 19.1. The lowest BCUT2D eigenvalue weighted by Gasteiger charge is -2.23. The maximum absolute atomic E-state index is 12.3. The third kappa shape index (κ3) is 14.7. The van der Waals surface area contributed by atoms with Gasteiger partial charge >= 0.3 is 18.0 Å². The molecular formula is C31H42ClN2O8-. The van der Waals surface area contributed by atoms with Gasteiger partial charge in [-0.3, -0.25) is 9.59 Å². The molecule has 0 aromatic heterocycles. The highest BCUT2D eigenvalue weighted by Gasteiger charge is 2.33. The van der Waals surface area contributed by atoms with Crippen molar-refractivity contribution in [2.24, 2.45) is 17.6 Å². The zero-order valence-corrected chi connectivity index (χ0v) is 26.0. The summed E-state index contributed by atoms with van der Waals surface area (Å²) in [6.07, 6.45) is -0.835. The highest BCUT2D eigenvalue weighted by atomic mass is 35.5. The number of ether oxygens (including phenoxy) is 3. The molecule has 1 amide bonds. The molecule has 0 bridgehead atoms. The Hall–Kier alpha value is -3.76. The second kappa shape index (κ2) is 18.6. The van der Waals surface area contributed by atoms with Crippen molar-refractivity contribution in [1.29, 1.82) is 0 Å². The number of nitrogens with two attached hydrogens (primary N) is 1. The molecule has 0 fully saturated rings. The molecule has 2 aromatic rings. The van der Waals surface area contributed by atoms with Gasteiger partial charge < -0.3 is 37.7 Å². The average Bonchev–Trinajstić information content (AvgIpc) is 2.92. The fourth-order valence-corrected chi connectivity index (χ4v) is 3.11. The summed E-state index contributed by atoms with van der Waals surface area (Å²) in [7, 11) is 0. The summed E-state index contributed by atoms with van der Waals surface area (Å²) >= 11 is 0. The first-order valence-corrected chi connectivity index (χ1v) is 13.4. The van der Waals surface area contributed by atoms with Crippen molar-refractivity contribution in [2.45, 2.75) is 79.4 Å². The van der Waals surface area contributed by atoms with E-state index < -0.39 is 47.4 Å². The van der Waals surface area contributed by atoms with Crippen LogP contribution in [0.15, 0.2) is 60.7 Å². The molecule has 2 unspecified atom stereocenters. The summed E-state index contributed by atoms with van der Waals surface area (Å²) in [6, 6.07) is 15.8. The van der Waals surface area contributed by atoms with E-state index in [1.165, 1.54) is 0 Å². The van der Waals surface area contributed by atoms with Crippen molar-refractivity contribution in [1.82, 2.24) is 5.32 Å². The largest absolute Gasteiger partial charge is 1.00 e. The van der Waals surface area contributed by atoms with E-state index in [4.69, 9.17) is 19.9 Å². The van der Waals surface area contributed by atoms with Crippen molar-refractivity contribution in [3.8, 4) is 0 Å². The van der Waals surface area contributed by atoms with E-state index in [2.05, 4.69) is 5.32 Å². The van der Waals surface area contributed by atoms with Crippen LogP contribution in [0.3, 0.4) is 0 Å². The molecule has 0 heterocycles. The highest BCUT2D eigenvalue weighted by Crippen LogP contribution is 2.10. The molecule has 2 atom stereocenters. The number of amides is 1. The van der Waals surface area contributed by atoms with Gasteiger partial charge in [0.2, 0.25) is 0 Å². The van der Waals surface area contributed by atoms with Gasteiger partial charge in [-0.05, 0) is 31.9 Å². The first kappa shape index (κ1) is 38.2. The van der Waals surface area contributed by atoms with Crippen molar-refractivity contribution in [3.63, 3.8) is 0 Å². The summed E-state index contributed by atoms with van der Waals surface area (Å²) in [5, 5.41) is 2.31. The zero-order chi connectivity index (χ0) is 31.2. The summed E-state index contributed by atoms with van der Waals surface area (Å²) in [4.78, 5) is 59.3. The lowest BCUT2D eigenvalue weighted by molar-refractivity contribution is -0.152. The Morgan fingerprint density at radius 1 is 0.714 bits per heavy atom. The van der Waals surface area contributed by atoms with Gasteiger partial charge in [0.25, 0.3) is 0 Å². The fraction of sp³-hybridized carbons (Fsp3) is 0.452. The van der Waals surface area contributed by atoms with Crippen LogP contribution in [0, 0.1) is 11.8 Å². The summed E-state index contributed by atoms with van der Waals surface area (Å²) < 4.78 is 15.2. The Labute approximate surface area is 254 Å². The number of rotatable bonds is 11. The van der Waals surface area contributed by atoms with Crippen LogP contribution in [0.5, 0.6) is 0 Å². The SMILES string of the molecule is CC(C)C(=O)C(N)C(=O)OCc1ccccc1.CC(C)C(=O)C(NC(=O)OC(C)(C)C)C(=O)OCc1ccccc1.[Cl-]. The van der Waals surface area contributed by atoms with E-state index in [0.29, 0.717) is 0 Å². The number of esters is 2. The van der Waals surface area contributed by atoms with Gasteiger partial charge in [0.1, 0.15) is 18.8 Å². The summed E-state index contributed by atoms with van der Waals surface area (Å²) in [6.45, 7) is 11.9. The Balaban J connectivity index is 0.000000825. The number of benzene rings is 2. The van der Waals surface area contributed by atoms with Gasteiger partial charge in [0.05, 0.1) is 0 Å². The monoisotopic (exact) mass is 605 g/mol. The molecule has 0 aliphatic carbocycles. The lowest BCUT2D eigenvalue weighted by Crippen LogP contribution is -3.00. The van der Waals surface area contributed by atoms with Crippen LogP contribution in [-0.2, 0) is 46.6 Å². The standard InChI is InChI=1S/C18H25NO5.C13H17NO3.ClH/c1-12(2)15(20)14(19-17(22)24-18(3,4)5)16(21)23-11-13-9-7-6-8-10-13;1-9(2)12(15)11(14)13(16)17-8-10-6-4-3-5-7-10;/h6-10,12,14H,11H2,1-5H3,(H,19,22);3-7,9,11H,8,14H2,1-2H3;1H/p-1. The number of nitrogens with one attached hydrogen (secondary N) is 1. The van der Waals surface area contributed by atoms with Gasteiger partial charge in [0, 0.05) is 11.8 Å².